The van der Waals surface area contributed by atoms with Crippen LogP contribution in [-0.4, -0.2) is 81.7 Å². The molecule has 3 aliphatic rings. The fraction of sp³-hybridized carbons (Fsp3) is 0.517. The minimum atomic E-state index is 0.258. The van der Waals surface area contributed by atoms with Crippen LogP contribution in [0.2, 0.25) is 0 Å². The van der Waals surface area contributed by atoms with Gasteiger partial charge < -0.3 is 14.6 Å². The van der Waals surface area contributed by atoms with E-state index in [1.165, 1.54) is 16.0 Å². The summed E-state index contributed by atoms with van der Waals surface area (Å²) < 4.78 is 6.57. The van der Waals surface area contributed by atoms with Crippen LogP contribution < -0.4 is 20.1 Å². The number of ether oxygens (including phenoxy) is 1. The van der Waals surface area contributed by atoms with E-state index in [-0.39, 0.29) is 6.04 Å². The molecular weight excluding hydrogens is 476 g/mol. The van der Waals surface area contributed by atoms with Crippen molar-refractivity contribution in [3.8, 4) is 11.8 Å². The molecule has 3 aromatic rings. The summed E-state index contributed by atoms with van der Waals surface area (Å²) in [5.74, 6) is 2.40. The van der Waals surface area contributed by atoms with Gasteiger partial charge in [-0.2, -0.15) is 5.26 Å². The number of piperazine rings is 1. The van der Waals surface area contributed by atoms with Gasteiger partial charge in [-0.25, -0.2) is 15.0 Å². The van der Waals surface area contributed by atoms with Crippen LogP contribution >= 0.6 is 0 Å². The van der Waals surface area contributed by atoms with Crippen molar-refractivity contribution in [3.05, 3.63) is 40.8 Å². The number of hydrogen-bond donors (Lipinski definition) is 1. The number of H-pyrrole nitrogens is 1. The molecule has 2 fully saturated rings. The number of nitriles is 1. The lowest BCUT2D eigenvalue weighted by molar-refractivity contribution is 0.129. The zero-order chi connectivity index (χ0) is 25.9. The van der Waals surface area contributed by atoms with Crippen molar-refractivity contribution in [3.63, 3.8) is 0 Å². The lowest BCUT2D eigenvalue weighted by Crippen LogP contribution is -2.47. The summed E-state index contributed by atoms with van der Waals surface area (Å²) in [6, 6.07) is 6.97. The first kappa shape index (κ1) is 24.8. The van der Waals surface area contributed by atoms with Crippen molar-refractivity contribution in [2.45, 2.75) is 45.2 Å². The van der Waals surface area contributed by atoms with E-state index in [9.17, 15) is 0 Å². The number of rotatable bonds is 8. The predicted octanol–water partition coefficient (Wildman–Crippen LogP) is 2.03. The van der Waals surface area contributed by atoms with Gasteiger partial charge in [-0.05, 0) is 42.0 Å². The Labute approximate surface area is 223 Å². The van der Waals surface area contributed by atoms with Gasteiger partial charge in [0.1, 0.15) is 24.2 Å². The molecule has 2 unspecified atom stereocenters. The molecule has 0 spiro atoms. The quantitative estimate of drug-likeness (QED) is 0.490. The normalized spacial score (nSPS) is 22.1. The molecule has 2 saturated heterocycles. The van der Waals surface area contributed by atoms with Gasteiger partial charge >= 0.3 is 0 Å². The molecule has 4 heterocycles. The van der Waals surface area contributed by atoms with E-state index in [0.717, 1.165) is 82.2 Å². The second kappa shape index (κ2) is 11.1. The number of anilines is 1. The highest BCUT2D eigenvalue weighted by molar-refractivity contribution is 5.83. The fourth-order valence-electron chi connectivity index (χ4n) is 6.06. The largest absolute Gasteiger partial charge is 0.491 e. The molecule has 0 radical (unpaired) electrons. The highest BCUT2D eigenvalue weighted by Crippen LogP contribution is 2.28. The summed E-state index contributed by atoms with van der Waals surface area (Å²) in [5.41, 5.74) is 2.98. The fourth-order valence-corrected chi connectivity index (χ4v) is 6.06. The molecule has 38 heavy (non-hydrogen) atoms. The van der Waals surface area contributed by atoms with Crippen molar-refractivity contribution in [2.75, 3.05) is 50.8 Å². The molecule has 2 aliphatic heterocycles. The van der Waals surface area contributed by atoms with Gasteiger partial charge in [0.25, 0.3) is 0 Å². The molecule has 2 atom stereocenters. The lowest BCUT2D eigenvalue weighted by Gasteiger charge is -2.34. The highest BCUT2D eigenvalue weighted by atomic mass is 16.5. The van der Waals surface area contributed by atoms with Crippen LogP contribution in [0.4, 0.5) is 5.82 Å². The smallest absolute Gasteiger partial charge is 0.182 e. The van der Waals surface area contributed by atoms with Crippen LogP contribution in [0.15, 0.2) is 24.8 Å². The zero-order valence-electron chi connectivity index (χ0n) is 22.1. The van der Waals surface area contributed by atoms with Crippen molar-refractivity contribution >= 4 is 29.1 Å². The third-order valence-electron chi connectivity index (χ3n) is 8.16. The topological polar surface area (TPSA) is 97.2 Å². The Balaban J connectivity index is 1.17. The molecule has 6 rings (SSSR count). The summed E-state index contributed by atoms with van der Waals surface area (Å²) in [5, 5.41) is 11.5. The van der Waals surface area contributed by atoms with E-state index >= 15 is 0 Å². The Morgan fingerprint density at radius 3 is 2.82 bits per heavy atom. The number of benzene rings is 1. The second-order valence-electron chi connectivity index (χ2n) is 10.8. The van der Waals surface area contributed by atoms with Gasteiger partial charge in [-0.15, -0.1) is 0 Å². The summed E-state index contributed by atoms with van der Waals surface area (Å²) in [7, 11) is 0. The number of fused-ring (bicyclic) bond motifs is 2. The molecule has 0 amide bonds. The minimum absolute atomic E-state index is 0.258. The van der Waals surface area contributed by atoms with Crippen LogP contribution in [0.1, 0.15) is 38.2 Å². The minimum Gasteiger partial charge on any atom is -0.491 e. The standard InChI is InChI=1S/C29H36N8O/c1-21-5-7-24-22(17-36-14-12-35(13-15-36)10-3-9-30)6-8-26(25(24)16-21)38-18-23-4-2-11-37(23)29-27-28(32-19-31-27)33-20-34-29/h6-8,16,19-21,23H,2-5,10-15,17-18H2,1H3,(H,31,32,33,34). The molecule has 1 N–H and O–H groups in total. The number of imidazole rings is 1. The monoisotopic (exact) mass is 512 g/mol. The third-order valence-corrected chi connectivity index (χ3v) is 8.16. The van der Waals surface area contributed by atoms with Crippen LogP contribution in [0.3, 0.4) is 0 Å². The maximum absolute atomic E-state index is 8.88. The van der Waals surface area contributed by atoms with Gasteiger partial charge in [-0.1, -0.05) is 25.1 Å². The highest BCUT2D eigenvalue weighted by Gasteiger charge is 2.28. The van der Waals surface area contributed by atoms with E-state index in [4.69, 9.17) is 10.00 Å². The van der Waals surface area contributed by atoms with Gasteiger partial charge in [0.2, 0.25) is 0 Å². The number of aromatic nitrogens is 4. The molecular formula is C29H36N8O. The van der Waals surface area contributed by atoms with Gasteiger partial charge in [0.05, 0.1) is 18.4 Å². The Morgan fingerprint density at radius 2 is 1.95 bits per heavy atom. The summed E-state index contributed by atoms with van der Waals surface area (Å²) in [6.45, 7) is 9.85. The average Bonchev–Trinajstić information content (AvgIpc) is 3.62. The van der Waals surface area contributed by atoms with E-state index in [2.05, 4.69) is 71.9 Å². The average molecular weight is 513 g/mol. The number of hydrogen-bond acceptors (Lipinski definition) is 8. The van der Waals surface area contributed by atoms with E-state index in [1.54, 1.807) is 12.7 Å². The first-order valence-corrected chi connectivity index (χ1v) is 13.9. The van der Waals surface area contributed by atoms with Crippen LogP contribution in [-0.2, 0) is 6.54 Å². The van der Waals surface area contributed by atoms with Crippen molar-refractivity contribution in [1.82, 2.24) is 29.7 Å². The first-order chi connectivity index (χ1) is 18.7. The number of aromatic amines is 1. The predicted molar refractivity (Wildman–Crippen MR) is 148 cm³/mol. The molecule has 2 aromatic heterocycles. The maximum atomic E-state index is 8.88. The summed E-state index contributed by atoms with van der Waals surface area (Å²) in [6.07, 6.45) is 11.9. The Hall–Kier alpha value is -3.48. The van der Waals surface area contributed by atoms with Crippen LogP contribution in [0.5, 0.6) is 5.75 Å². The third kappa shape index (κ3) is 5.11. The zero-order valence-corrected chi connectivity index (χ0v) is 22.1. The summed E-state index contributed by atoms with van der Waals surface area (Å²) in [4.78, 5) is 23.7. The molecule has 1 aliphatic carbocycles. The van der Waals surface area contributed by atoms with E-state index < -0.39 is 0 Å². The Morgan fingerprint density at radius 1 is 1.08 bits per heavy atom. The first-order valence-electron chi connectivity index (χ1n) is 13.9. The van der Waals surface area contributed by atoms with Crippen LogP contribution in [0, 0.1) is 17.2 Å². The number of nitrogens with zero attached hydrogens (tertiary/aromatic N) is 7. The second-order valence-corrected chi connectivity index (χ2v) is 10.8. The van der Waals surface area contributed by atoms with Gasteiger partial charge in [0.15, 0.2) is 11.5 Å². The molecule has 9 nitrogen and oxygen atoms in total. The molecule has 0 bridgehead atoms. The van der Waals surface area contributed by atoms with Crippen molar-refractivity contribution in [1.29, 1.82) is 5.26 Å². The SMILES string of the molecule is CC1C=c2c(OCC3CCCN3c3ncnc4nc[nH]c34)ccc(CN3CCN(CCC#N)CC3)c2=CC1. The van der Waals surface area contributed by atoms with Gasteiger partial charge in [-0.3, -0.25) is 9.80 Å². The van der Waals surface area contributed by atoms with Crippen molar-refractivity contribution < 1.29 is 4.74 Å². The summed E-state index contributed by atoms with van der Waals surface area (Å²) >= 11 is 0. The lowest BCUT2D eigenvalue weighted by atomic mass is 9.95. The van der Waals surface area contributed by atoms with Gasteiger partial charge in [0, 0.05) is 57.5 Å². The molecule has 9 heteroatoms. The molecule has 0 saturated carbocycles. The van der Waals surface area contributed by atoms with Crippen molar-refractivity contribution in [2.24, 2.45) is 5.92 Å². The number of nitrogens with one attached hydrogen (secondary N) is 1. The van der Waals surface area contributed by atoms with E-state index in [1.807, 2.05) is 0 Å². The Kier molecular flexibility index (Phi) is 7.25. The maximum Gasteiger partial charge on any atom is 0.182 e. The van der Waals surface area contributed by atoms with Crippen LogP contribution in [0.25, 0.3) is 23.3 Å². The molecule has 198 valence electrons. The van der Waals surface area contributed by atoms with E-state index in [0.29, 0.717) is 24.6 Å². The Bertz CT molecular complexity index is 1440. The molecule has 1 aromatic carbocycles.